The van der Waals surface area contributed by atoms with E-state index in [1.54, 1.807) is 31.4 Å². The standard InChI is InChI=1S/C20H24N2O3/c1-13-10-17(14(2)15(3)19(13)25-4)11-21-18(23)12-22-20(24)16-8-6-5-7-9-16/h5-10H,11-12H2,1-4H3,(H,21,23)(H,22,24). The van der Waals surface area contributed by atoms with Crippen molar-refractivity contribution in [3.63, 3.8) is 0 Å². The fourth-order valence-electron chi connectivity index (χ4n) is 2.75. The van der Waals surface area contributed by atoms with Crippen LogP contribution in [0.1, 0.15) is 32.6 Å². The van der Waals surface area contributed by atoms with Crippen molar-refractivity contribution in [2.45, 2.75) is 27.3 Å². The highest BCUT2D eigenvalue weighted by atomic mass is 16.5. The second-order valence-electron chi connectivity index (χ2n) is 5.96. The lowest BCUT2D eigenvalue weighted by Crippen LogP contribution is -2.36. The fraction of sp³-hybridized carbons (Fsp3) is 0.300. The first-order valence-electron chi connectivity index (χ1n) is 8.17. The van der Waals surface area contributed by atoms with Crippen LogP contribution in [0.4, 0.5) is 0 Å². The Morgan fingerprint density at radius 1 is 1.00 bits per heavy atom. The first-order valence-corrected chi connectivity index (χ1v) is 8.17. The second kappa shape index (κ2) is 8.33. The Hall–Kier alpha value is -2.82. The molecule has 132 valence electrons. The van der Waals surface area contributed by atoms with Crippen LogP contribution in [0.3, 0.4) is 0 Å². The van der Waals surface area contributed by atoms with Gasteiger partial charge in [0.2, 0.25) is 5.91 Å². The number of rotatable bonds is 6. The Kier molecular flexibility index (Phi) is 6.17. The monoisotopic (exact) mass is 340 g/mol. The maximum atomic E-state index is 12.0. The average Bonchev–Trinajstić information content (AvgIpc) is 2.62. The molecule has 0 unspecified atom stereocenters. The van der Waals surface area contributed by atoms with Gasteiger partial charge in [0, 0.05) is 12.1 Å². The van der Waals surface area contributed by atoms with E-state index in [9.17, 15) is 9.59 Å². The van der Waals surface area contributed by atoms with Crippen molar-refractivity contribution in [1.82, 2.24) is 10.6 Å². The molecule has 0 spiro atoms. The summed E-state index contributed by atoms with van der Waals surface area (Å²) in [6.07, 6.45) is 0. The Balaban J connectivity index is 1.91. The van der Waals surface area contributed by atoms with E-state index < -0.39 is 0 Å². The molecule has 5 nitrogen and oxygen atoms in total. The molecule has 2 aromatic carbocycles. The van der Waals surface area contributed by atoms with Gasteiger partial charge in [0.15, 0.2) is 0 Å². The summed E-state index contributed by atoms with van der Waals surface area (Å²) in [6.45, 7) is 6.36. The zero-order valence-corrected chi connectivity index (χ0v) is 15.1. The van der Waals surface area contributed by atoms with Crippen LogP contribution < -0.4 is 15.4 Å². The Morgan fingerprint density at radius 3 is 2.32 bits per heavy atom. The van der Waals surface area contributed by atoms with E-state index >= 15 is 0 Å². The summed E-state index contributed by atoms with van der Waals surface area (Å²) in [6, 6.07) is 10.8. The summed E-state index contributed by atoms with van der Waals surface area (Å²) in [5.41, 5.74) is 4.78. The van der Waals surface area contributed by atoms with Crippen molar-refractivity contribution in [2.24, 2.45) is 0 Å². The van der Waals surface area contributed by atoms with Crippen LogP contribution in [0.5, 0.6) is 5.75 Å². The molecular weight excluding hydrogens is 316 g/mol. The van der Waals surface area contributed by atoms with Crippen LogP contribution >= 0.6 is 0 Å². The third-order valence-electron chi connectivity index (χ3n) is 4.26. The van der Waals surface area contributed by atoms with Crippen molar-refractivity contribution in [1.29, 1.82) is 0 Å². The molecule has 25 heavy (non-hydrogen) atoms. The van der Waals surface area contributed by atoms with Gasteiger partial charge in [-0.1, -0.05) is 24.3 Å². The molecule has 0 saturated carbocycles. The van der Waals surface area contributed by atoms with Crippen LogP contribution in [-0.4, -0.2) is 25.5 Å². The van der Waals surface area contributed by atoms with Gasteiger partial charge < -0.3 is 15.4 Å². The molecule has 0 heterocycles. The summed E-state index contributed by atoms with van der Waals surface area (Å²) >= 11 is 0. The number of ether oxygens (including phenoxy) is 1. The highest BCUT2D eigenvalue weighted by Gasteiger charge is 2.12. The van der Waals surface area contributed by atoms with Crippen molar-refractivity contribution in [2.75, 3.05) is 13.7 Å². The first kappa shape index (κ1) is 18.5. The maximum Gasteiger partial charge on any atom is 0.251 e. The Morgan fingerprint density at radius 2 is 1.68 bits per heavy atom. The fourth-order valence-corrected chi connectivity index (χ4v) is 2.75. The number of hydrogen-bond acceptors (Lipinski definition) is 3. The molecule has 0 atom stereocenters. The Bertz CT molecular complexity index is 770. The van der Waals surface area contributed by atoms with Gasteiger partial charge >= 0.3 is 0 Å². The first-order chi connectivity index (χ1) is 11.9. The highest BCUT2D eigenvalue weighted by molar-refractivity contribution is 5.96. The van der Waals surface area contributed by atoms with E-state index in [1.807, 2.05) is 32.9 Å². The molecule has 2 amide bonds. The van der Waals surface area contributed by atoms with Gasteiger partial charge in [-0.05, 0) is 55.2 Å². The van der Waals surface area contributed by atoms with Crippen molar-refractivity contribution >= 4 is 11.8 Å². The van der Waals surface area contributed by atoms with Crippen LogP contribution in [0.2, 0.25) is 0 Å². The Labute approximate surface area is 148 Å². The highest BCUT2D eigenvalue weighted by Crippen LogP contribution is 2.28. The smallest absolute Gasteiger partial charge is 0.251 e. The normalized spacial score (nSPS) is 10.2. The molecule has 0 bridgehead atoms. The van der Waals surface area contributed by atoms with Crippen molar-refractivity contribution < 1.29 is 14.3 Å². The number of hydrogen-bond donors (Lipinski definition) is 2. The summed E-state index contributed by atoms with van der Waals surface area (Å²) in [5.74, 6) is 0.389. The molecule has 0 aliphatic rings. The summed E-state index contributed by atoms with van der Waals surface area (Å²) in [4.78, 5) is 23.9. The molecule has 0 saturated heterocycles. The molecule has 2 N–H and O–H groups in total. The average molecular weight is 340 g/mol. The zero-order chi connectivity index (χ0) is 18.4. The van der Waals surface area contributed by atoms with Gasteiger partial charge in [0.1, 0.15) is 5.75 Å². The van der Waals surface area contributed by atoms with E-state index in [4.69, 9.17) is 4.74 Å². The third kappa shape index (κ3) is 4.59. The third-order valence-corrected chi connectivity index (χ3v) is 4.26. The number of benzene rings is 2. The molecule has 2 rings (SSSR count). The van der Waals surface area contributed by atoms with Gasteiger partial charge in [-0.2, -0.15) is 0 Å². The molecule has 0 aromatic heterocycles. The largest absolute Gasteiger partial charge is 0.496 e. The van der Waals surface area contributed by atoms with E-state index in [0.29, 0.717) is 12.1 Å². The van der Waals surface area contributed by atoms with E-state index in [-0.39, 0.29) is 18.4 Å². The van der Waals surface area contributed by atoms with Crippen molar-refractivity contribution in [3.05, 3.63) is 64.2 Å². The molecule has 0 aliphatic heterocycles. The number of amides is 2. The van der Waals surface area contributed by atoms with Gasteiger partial charge in [-0.3, -0.25) is 9.59 Å². The second-order valence-corrected chi connectivity index (χ2v) is 5.96. The lowest BCUT2D eigenvalue weighted by atomic mass is 9.98. The quantitative estimate of drug-likeness (QED) is 0.849. The number of aryl methyl sites for hydroxylation is 1. The summed E-state index contributed by atoms with van der Waals surface area (Å²) < 4.78 is 5.41. The minimum atomic E-state index is -0.261. The molecule has 0 radical (unpaired) electrons. The minimum Gasteiger partial charge on any atom is -0.496 e. The van der Waals surface area contributed by atoms with Gasteiger partial charge in [0.25, 0.3) is 5.91 Å². The number of methoxy groups -OCH3 is 1. The van der Waals surface area contributed by atoms with E-state index in [0.717, 1.165) is 28.0 Å². The summed E-state index contributed by atoms with van der Waals surface area (Å²) in [7, 11) is 1.66. The maximum absolute atomic E-state index is 12.0. The van der Waals surface area contributed by atoms with Crippen molar-refractivity contribution in [3.8, 4) is 5.75 Å². The predicted octanol–water partition coefficient (Wildman–Crippen LogP) is 2.67. The number of carbonyl (C=O) groups is 2. The molecule has 0 aliphatic carbocycles. The van der Waals surface area contributed by atoms with Crippen LogP contribution in [0.25, 0.3) is 0 Å². The van der Waals surface area contributed by atoms with E-state index in [1.165, 1.54) is 0 Å². The number of nitrogens with one attached hydrogen (secondary N) is 2. The lowest BCUT2D eigenvalue weighted by molar-refractivity contribution is -0.120. The molecule has 0 fully saturated rings. The van der Waals surface area contributed by atoms with Gasteiger partial charge in [0.05, 0.1) is 13.7 Å². The number of carbonyl (C=O) groups excluding carboxylic acids is 2. The molecular formula is C20H24N2O3. The minimum absolute atomic E-state index is 0.0547. The topological polar surface area (TPSA) is 67.4 Å². The van der Waals surface area contributed by atoms with Crippen LogP contribution in [0.15, 0.2) is 36.4 Å². The molecule has 5 heteroatoms. The van der Waals surface area contributed by atoms with E-state index in [2.05, 4.69) is 10.6 Å². The molecule has 2 aromatic rings. The summed E-state index contributed by atoms with van der Waals surface area (Å²) in [5, 5.41) is 5.46. The zero-order valence-electron chi connectivity index (χ0n) is 15.1. The van der Waals surface area contributed by atoms with Crippen LogP contribution in [0, 0.1) is 20.8 Å². The van der Waals surface area contributed by atoms with Gasteiger partial charge in [-0.25, -0.2) is 0 Å². The SMILES string of the molecule is COc1c(C)cc(CNC(=O)CNC(=O)c2ccccc2)c(C)c1C. The lowest BCUT2D eigenvalue weighted by Gasteiger charge is -2.16. The van der Waals surface area contributed by atoms with Gasteiger partial charge in [-0.15, -0.1) is 0 Å². The van der Waals surface area contributed by atoms with Crippen LogP contribution in [-0.2, 0) is 11.3 Å². The predicted molar refractivity (Wildman–Crippen MR) is 97.8 cm³/mol.